The molecular formula is C16H18N6O. The van der Waals surface area contributed by atoms with E-state index in [9.17, 15) is 4.79 Å². The molecule has 1 aliphatic heterocycles. The molecule has 0 radical (unpaired) electrons. The normalized spacial score (nSPS) is 16.1. The van der Waals surface area contributed by atoms with E-state index in [0.717, 1.165) is 31.4 Å². The van der Waals surface area contributed by atoms with Crippen molar-refractivity contribution < 1.29 is 4.79 Å². The third kappa shape index (κ3) is 2.38. The number of hydrogen-bond donors (Lipinski definition) is 1. The molecule has 1 amide bonds. The maximum atomic E-state index is 12.5. The average Bonchev–Trinajstić information content (AvgIpc) is 3.20. The molecule has 1 aliphatic rings. The van der Waals surface area contributed by atoms with E-state index in [2.05, 4.69) is 32.5 Å². The molecular weight excluding hydrogens is 292 g/mol. The van der Waals surface area contributed by atoms with Gasteiger partial charge in [-0.25, -0.2) is 4.68 Å². The summed E-state index contributed by atoms with van der Waals surface area (Å²) in [6.45, 7) is 1.51. The fraction of sp³-hybridized carbons (Fsp3) is 0.375. The first-order valence-electron chi connectivity index (χ1n) is 7.79. The number of rotatable bonds is 2. The second kappa shape index (κ2) is 5.49. The van der Waals surface area contributed by atoms with Crippen molar-refractivity contribution in [3.8, 4) is 0 Å². The Morgan fingerprint density at radius 1 is 1.30 bits per heavy atom. The van der Waals surface area contributed by atoms with Crippen LogP contribution >= 0.6 is 0 Å². The third-order valence-electron chi connectivity index (χ3n) is 4.67. The number of likely N-dealkylation sites (tertiary alicyclic amines) is 1. The van der Waals surface area contributed by atoms with Gasteiger partial charge in [0.2, 0.25) is 0 Å². The van der Waals surface area contributed by atoms with Crippen LogP contribution in [0.25, 0.3) is 10.9 Å². The van der Waals surface area contributed by atoms with E-state index < -0.39 is 0 Å². The number of fused-ring (bicyclic) bond motifs is 1. The smallest absolute Gasteiger partial charge is 0.273 e. The van der Waals surface area contributed by atoms with E-state index in [1.165, 1.54) is 21.8 Å². The van der Waals surface area contributed by atoms with Crippen LogP contribution in [0, 0.1) is 0 Å². The second-order valence-corrected chi connectivity index (χ2v) is 5.97. The number of amides is 1. The summed E-state index contributed by atoms with van der Waals surface area (Å²) in [5, 5.41) is 8.85. The number of hydrogen-bond acceptors (Lipinski definition) is 4. The zero-order valence-corrected chi connectivity index (χ0v) is 12.9. The number of aryl methyl sites for hydroxylation is 1. The number of piperidine rings is 1. The van der Waals surface area contributed by atoms with Crippen molar-refractivity contribution >= 4 is 16.8 Å². The van der Waals surface area contributed by atoms with Crippen LogP contribution < -0.4 is 0 Å². The van der Waals surface area contributed by atoms with Gasteiger partial charge in [0.05, 0.1) is 17.9 Å². The first-order chi connectivity index (χ1) is 11.2. The summed E-state index contributed by atoms with van der Waals surface area (Å²) in [4.78, 5) is 21.8. The van der Waals surface area contributed by atoms with Gasteiger partial charge >= 0.3 is 0 Å². The lowest BCUT2D eigenvalue weighted by Crippen LogP contribution is -2.38. The fourth-order valence-electron chi connectivity index (χ4n) is 3.37. The van der Waals surface area contributed by atoms with Crippen LogP contribution in [0.1, 0.15) is 34.8 Å². The summed E-state index contributed by atoms with van der Waals surface area (Å²) < 4.78 is 1.53. The minimum Gasteiger partial charge on any atom is -0.360 e. The summed E-state index contributed by atoms with van der Waals surface area (Å²) in [6.07, 6.45) is 9.22. The summed E-state index contributed by atoms with van der Waals surface area (Å²) in [7, 11) is 1.74. The lowest BCUT2D eigenvalue weighted by molar-refractivity contribution is 0.0702. The molecule has 3 aromatic heterocycles. The SMILES string of the molecule is Cn1nncc1C(=O)N1CCC(c2c[nH]c3cnccc23)CC1. The topological polar surface area (TPSA) is 79.7 Å². The van der Waals surface area contributed by atoms with Gasteiger partial charge in [-0.1, -0.05) is 5.21 Å². The van der Waals surface area contributed by atoms with Gasteiger partial charge in [-0.15, -0.1) is 5.10 Å². The van der Waals surface area contributed by atoms with Crippen molar-refractivity contribution in [2.24, 2.45) is 7.05 Å². The summed E-state index contributed by atoms with van der Waals surface area (Å²) in [5.41, 5.74) is 2.94. The molecule has 0 bridgehead atoms. The van der Waals surface area contributed by atoms with E-state index >= 15 is 0 Å². The predicted molar refractivity (Wildman–Crippen MR) is 85.0 cm³/mol. The Kier molecular flexibility index (Phi) is 3.33. The van der Waals surface area contributed by atoms with Crippen LogP contribution in [0.3, 0.4) is 0 Å². The molecule has 0 aliphatic carbocycles. The Balaban J connectivity index is 1.49. The van der Waals surface area contributed by atoms with Gasteiger partial charge in [0, 0.05) is 37.9 Å². The van der Waals surface area contributed by atoms with Gasteiger partial charge in [-0.3, -0.25) is 9.78 Å². The number of nitrogens with zero attached hydrogens (tertiary/aromatic N) is 5. The molecule has 7 heteroatoms. The van der Waals surface area contributed by atoms with Gasteiger partial charge in [0.1, 0.15) is 5.69 Å². The monoisotopic (exact) mass is 310 g/mol. The van der Waals surface area contributed by atoms with Crippen LogP contribution in [-0.4, -0.2) is 48.9 Å². The highest BCUT2D eigenvalue weighted by Crippen LogP contribution is 2.33. The highest BCUT2D eigenvalue weighted by atomic mass is 16.2. The van der Waals surface area contributed by atoms with Crippen molar-refractivity contribution in [3.05, 3.63) is 42.1 Å². The standard InChI is InChI=1S/C16H18N6O/c1-21-15(10-19-20-21)16(23)22-6-3-11(4-7-22)13-8-18-14-9-17-5-2-12(13)14/h2,5,8-11,18H,3-4,6-7H2,1H3. The predicted octanol–water partition coefficient (Wildman–Crippen LogP) is 1.71. The third-order valence-corrected chi connectivity index (χ3v) is 4.67. The molecule has 1 N–H and O–H groups in total. The molecule has 3 aromatic rings. The van der Waals surface area contributed by atoms with Crippen LogP contribution in [-0.2, 0) is 7.05 Å². The number of carbonyl (C=O) groups excluding carboxylic acids is 1. The van der Waals surface area contributed by atoms with Crippen LogP contribution in [0.15, 0.2) is 30.9 Å². The summed E-state index contributed by atoms with van der Waals surface area (Å²) >= 11 is 0. The minimum absolute atomic E-state index is 0.0130. The van der Waals surface area contributed by atoms with E-state index in [1.807, 2.05) is 17.3 Å². The first-order valence-corrected chi connectivity index (χ1v) is 7.79. The molecule has 7 nitrogen and oxygen atoms in total. The van der Waals surface area contributed by atoms with Crippen molar-refractivity contribution in [3.63, 3.8) is 0 Å². The lowest BCUT2D eigenvalue weighted by atomic mass is 9.89. The van der Waals surface area contributed by atoms with Crippen molar-refractivity contribution in [2.75, 3.05) is 13.1 Å². The Morgan fingerprint density at radius 2 is 2.13 bits per heavy atom. The minimum atomic E-state index is 0.0130. The fourth-order valence-corrected chi connectivity index (χ4v) is 3.37. The van der Waals surface area contributed by atoms with Crippen molar-refractivity contribution in [1.29, 1.82) is 0 Å². The van der Waals surface area contributed by atoms with Crippen molar-refractivity contribution in [1.82, 2.24) is 29.9 Å². The molecule has 0 spiro atoms. The molecule has 0 saturated carbocycles. The second-order valence-electron chi connectivity index (χ2n) is 5.97. The zero-order valence-electron chi connectivity index (χ0n) is 12.9. The highest BCUT2D eigenvalue weighted by Gasteiger charge is 2.27. The van der Waals surface area contributed by atoms with Gasteiger partial charge in [-0.2, -0.15) is 0 Å². The molecule has 0 unspecified atom stereocenters. The summed E-state index contributed by atoms with van der Waals surface area (Å²) in [6, 6.07) is 2.06. The highest BCUT2D eigenvalue weighted by molar-refractivity contribution is 5.92. The number of pyridine rings is 1. The molecule has 4 heterocycles. The molecule has 0 aromatic carbocycles. The first kappa shape index (κ1) is 13.9. The molecule has 4 rings (SSSR count). The number of H-pyrrole nitrogens is 1. The number of aromatic nitrogens is 5. The Morgan fingerprint density at radius 3 is 2.87 bits per heavy atom. The largest absolute Gasteiger partial charge is 0.360 e. The zero-order chi connectivity index (χ0) is 15.8. The Labute approximate surface area is 133 Å². The van der Waals surface area contributed by atoms with E-state index in [1.54, 1.807) is 7.05 Å². The van der Waals surface area contributed by atoms with E-state index in [4.69, 9.17) is 0 Å². The van der Waals surface area contributed by atoms with Gasteiger partial charge in [0.25, 0.3) is 5.91 Å². The maximum Gasteiger partial charge on any atom is 0.273 e. The average molecular weight is 310 g/mol. The molecule has 1 fully saturated rings. The van der Waals surface area contributed by atoms with Gasteiger partial charge < -0.3 is 9.88 Å². The van der Waals surface area contributed by atoms with Gasteiger partial charge in [-0.05, 0) is 30.4 Å². The maximum absolute atomic E-state index is 12.5. The van der Waals surface area contributed by atoms with Crippen LogP contribution in [0.4, 0.5) is 0 Å². The van der Waals surface area contributed by atoms with Crippen LogP contribution in [0.5, 0.6) is 0 Å². The molecule has 23 heavy (non-hydrogen) atoms. The Hall–Kier alpha value is -2.70. The molecule has 0 atom stereocenters. The number of nitrogens with one attached hydrogen (secondary N) is 1. The number of aromatic amines is 1. The molecule has 1 saturated heterocycles. The van der Waals surface area contributed by atoms with E-state index in [0.29, 0.717) is 11.6 Å². The number of carbonyl (C=O) groups is 1. The van der Waals surface area contributed by atoms with E-state index in [-0.39, 0.29) is 5.91 Å². The van der Waals surface area contributed by atoms with Crippen molar-refractivity contribution in [2.45, 2.75) is 18.8 Å². The Bertz CT molecular complexity index is 843. The summed E-state index contributed by atoms with van der Waals surface area (Å²) in [5.74, 6) is 0.485. The van der Waals surface area contributed by atoms with Gasteiger partial charge in [0.15, 0.2) is 0 Å². The quantitative estimate of drug-likeness (QED) is 0.781. The molecule has 118 valence electrons. The lowest BCUT2D eigenvalue weighted by Gasteiger charge is -2.31. The van der Waals surface area contributed by atoms with Crippen LogP contribution in [0.2, 0.25) is 0 Å².